The molecule has 0 spiro atoms. The van der Waals surface area contributed by atoms with Gasteiger partial charge in [-0.3, -0.25) is 4.90 Å². The number of hydrogen-bond donors (Lipinski definition) is 0. The molecule has 0 saturated carbocycles. The second-order valence-electron chi connectivity index (χ2n) is 9.95. The van der Waals surface area contributed by atoms with Gasteiger partial charge in [0.25, 0.3) is 0 Å². The zero-order chi connectivity index (χ0) is 25.4. The number of nitrogens with zero attached hydrogens (tertiary/aromatic N) is 4. The summed E-state index contributed by atoms with van der Waals surface area (Å²) in [7, 11) is 3.28. The van der Waals surface area contributed by atoms with Gasteiger partial charge in [0.2, 0.25) is 5.90 Å². The lowest BCUT2D eigenvalue weighted by atomic mass is 9.98. The number of methoxy groups -OCH3 is 2. The highest BCUT2D eigenvalue weighted by Gasteiger charge is 2.23. The van der Waals surface area contributed by atoms with Crippen molar-refractivity contribution in [2.75, 3.05) is 33.9 Å². The quantitative estimate of drug-likeness (QED) is 0.344. The van der Waals surface area contributed by atoms with Crippen LogP contribution in [0, 0.1) is 12.8 Å². The second-order valence-corrected chi connectivity index (χ2v) is 9.95. The van der Waals surface area contributed by atoms with E-state index in [0.717, 1.165) is 42.3 Å². The Hall–Kier alpha value is -3.78. The minimum absolute atomic E-state index is 0.468. The molecule has 4 aromatic rings. The third kappa shape index (κ3) is 4.93. The molecule has 0 aliphatic carbocycles. The van der Waals surface area contributed by atoms with Crippen LogP contribution in [0.3, 0.4) is 0 Å². The van der Waals surface area contributed by atoms with E-state index >= 15 is 0 Å². The summed E-state index contributed by atoms with van der Waals surface area (Å²) in [5, 5.41) is 5.31. The topological polar surface area (TPSA) is 74.2 Å². The first-order chi connectivity index (χ1) is 18.1. The Bertz CT molecular complexity index is 1440. The van der Waals surface area contributed by atoms with Crippen LogP contribution in [0.2, 0.25) is 0 Å². The molecule has 8 heteroatoms. The zero-order valence-electron chi connectivity index (χ0n) is 21.6. The molecule has 1 atom stereocenters. The van der Waals surface area contributed by atoms with Gasteiger partial charge in [-0.1, -0.05) is 29.8 Å². The summed E-state index contributed by atoms with van der Waals surface area (Å²) in [6.07, 6.45) is 4.78. The average Bonchev–Trinajstić information content (AvgIpc) is 3.61. The SMILES string of the molecule is COC1=Nn2cc(-c3cc4c(OC[C@H]5CCCN(Cc6ccc(C)cc6)C5)cc(OC)cc4o3)nc2C1. The molecule has 0 N–H and O–H groups in total. The molecule has 2 aliphatic heterocycles. The van der Waals surface area contributed by atoms with Crippen LogP contribution in [0.15, 0.2) is 58.2 Å². The molecule has 2 aromatic carbocycles. The maximum atomic E-state index is 6.42. The number of hydrogen-bond acceptors (Lipinski definition) is 7. The van der Waals surface area contributed by atoms with Gasteiger partial charge in [-0.05, 0) is 37.9 Å². The van der Waals surface area contributed by atoms with Crippen LogP contribution in [-0.2, 0) is 17.7 Å². The molecule has 6 rings (SSSR count). The Morgan fingerprint density at radius 2 is 1.95 bits per heavy atom. The largest absolute Gasteiger partial charge is 0.496 e. The lowest BCUT2D eigenvalue weighted by molar-refractivity contribution is 0.125. The maximum Gasteiger partial charge on any atom is 0.214 e. The van der Waals surface area contributed by atoms with Crippen molar-refractivity contribution in [2.45, 2.75) is 32.7 Å². The van der Waals surface area contributed by atoms with E-state index in [9.17, 15) is 0 Å². The number of rotatable bonds is 7. The van der Waals surface area contributed by atoms with Crippen LogP contribution in [0.4, 0.5) is 0 Å². The fraction of sp³-hybridized carbons (Fsp3) is 0.379. The van der Waals surface area contributed by atoms with Crippen molar-refractivity contribution < 1.29 is 18.6 Å². The van der Waals surface area contributed by atoms with Crippen LogP contribution >= 0.6 is 0 Å². The third-order valence-electron chi connectivity index (χ3n) is 7.19. The molecule has 0 radical (unpaired) electrons. The number of piperidine rings is 1. The summed E-state index contributed by atoms with van der Waals surface area (Å²) >= 11 is 0. The highest BCUT2D eigenvalue weighted by molar-refractivity contribution is 5.89. The normalized spacial score (nSPS) is 17.6. The van der Waals surface area contributed by atoms with Gasteiger partial charge in [0.15, 0.2) is 5.76 Å². The lowest BCUT2D eigenvalue weighted by Gasteiger charge is -2.32. The predicted octanol–water partition coefficient (Wildman–Crippen LogP) is 5.27. The Morgan fingerprint density at radius 3 is 2.73 bits per heavy atom. The number of aromatic nitrogens is 2. The molecule has 0 bridgehead atoms. The monoisotopic (exact) mass is 500 g/mol. The minimum Gasteiger partial charge on any atom is -0.496 e. The summed E-state index contributed by atoms with van der Waals surface area (Å²) in [4.78, 5) is 7.23. The molecule has 4 heterocycles. The Labute approximate surface area is 216 Å². The van der Waals surface area contributed by atoms with Gasteiger partial charge in [0.05, 0.1) is 38.8 Å². The molecule has 37 heavy (non-hydrogen) atoms. The Kier molecular flexibility index (Phi) is 6.34. The number of ether oxygens (including phenoxy) is 3. The fourth-order valence-corrected chi connectivity index (χ4v) is 5.18. The summed E-state index contributed by atoms with van der Waals surface area (Å²) in [6.45, 7) is 5.92. The summed E-state index contributed by atoms with van der Waals surface area (Å²) in [5.74, 6) is 4.09. The lowest BCUT2D eigenvalue weighted by Crippen LogP contribution is -2.37. The third-order valence-corrected chi connectivity index (χ3v) is 7.19. The van der Waals surface area contributed by atoms with Gasteiger partial charge in [-0.15, -0.1) is 5.10 Å². The van der Waals surface area contributed by atoms with Gasteiger partial charge in [0.1, 0.15) is 28.6 Å². The standard InChI is InChI=1S/C29H32N4O4/c1-19-6-8-20(9-7-19)15-32-10-4-5-21(16-32)18-36-25-11-22(34-2)12-26-23(25)13-27(37-26)24-17-33-28(30-24)14-29(31-33)35-3/h6-9,11-13,17,21H,4-5,10,14-16,18H2,1-3H3/t21-/m0/s1. The van der Waals surface area contributed by atoms with Crippen LogP contribution < -0.4 is 9.47 Å². The van der Waals surface area contributed by atoms with Gasteiger partial charge in [-0.25, -0.2) is 9.66 Å². The van der Waals surface area contributed by atoms with Crippen LogP contribution in [0.5, 0.6) is 11.5 Å². The highest BCUT2D eigenvalue weighted by Crippen LogP contribution is 2.37. The Morgan fingerprint density at radius 1 is 1.08 bits per heavy atom. The maximum absolute atomic E-state index is 6.42. The number of likely N-dealkylation sites (tertiary alicyclic amines) is 1. The van der Waals surface area contributed by atoms with Crippen LogP contribution in [0.1, 0.15) is 29.8 Å². The predicted molar refractivity (Wildman–Crippen MR) is 142 cm³/mol. The van der Waals surface area contributed by atoms with E-state index in [1.54, 1.807) is 18.9 Å². The molecular formula is C29H32N4O4. The first-order valence-corrected chi connectivity index (χ1v) is 12.8. The first kappa shape index (κ1) is 23.6. The smallest absolute Gasteiger partial charge is 0.214 e. The van der Waals surface area contributed by atoms with Gasteiger partial charge >= 0.3 is 0 Å². The van der Waals surface area contributed by atoms with Crippen molar-refractivity contribution >= 4 is 16.9 Å². The van der Waals surface area contributed by atoms with Crippen LogP contribution in [-0.4, -0.2) is 54.4 Å². The van der Waals surface area contributed by atoms with Crippen LogP contribution in [0.25, 0.3) is 22.4 Å². The van der Waals surface area contributed by atoms with E-state index in [1.165, 1.54) is 24.0 Å². The summed E-state index contributed by atoms with van der Waals surface area (Å²) in [5.41, 5.74) is 4.10. The number of benzene rings is 2. The van der Waals surface area contributed by atoms with E-state index in [2.05, 4.69) is 41.2 Å². The van der Waals surface area contributed by atoms with Gasteiger partial charge in [0, 0.05) is 31.1 Å². The molecule has 1 saturated heterocycles. The van der Waals surface area contributed by atoms with E-state index < -0.39 is 0 Å². The summed E-state index contributed by atoms with van der Waals surface area (Å²) < 4.78 is 25.1. The molecular weight excluding hydrogens is 468 g/mol. The zero-order valence-corrected chi connectivity index (χ0v) is 21.6. The number of aryl methyl sites for hydroxylation is 1. The molecule has 2 aromatic heterocycles. The van der Waals surface area contributed by atoms with Gasteiger partial charge in [-0.2, -0.15) is 0 Å². The van der Waals surface area contributed by atoms with E-state index in [-0.39, 0.29) is 0 Å². The van der Waals surface area contributed by atoms with Crippen molar-refractivity contribution in [2.24, 2.45) is 11.0 Å². The van der Waals surface area contributed by atoms with E-state index in [4.69, 9.17) is 23.6 Å². The molecule has 0 amide bonds. The molecule has 0 unspecified atom stereocenters. The number of fused-ring (bicyclic) bond motifs is 2. The molecule has 1 fully saturated rings. The first-order valence-electron chi connectivity index (χ1n) is 12.8. The number of imidazole rings is 1. The Balaban J connectivity index is 1.18. The summed E-state index contributed by atoms with van der Waals surface area (Å²) in [6, 6.07) is 14.7. The van der Waals surface area contributed by atoms with Crippen molar-refractivity contribution in [1.29, 1.82) is 0 Å². The average molecular weight is 501 g/mol. The fourth-order valence-electron chi connectivity index (χ4n) is 5.18. The molecule has 2 aliphatic rings. The minimum atomic E-state index is 0.468. The van der Waals surface area contributed by atoms with Crippen molar-refractivity contribution in [3.05, 3.63) is 65.6 Å². The molecule has 192 valence electrons. The molecule has 8 nitrogen and oxygen atoms in total. The van der Waals surface area contributed by atoms with Gasteiger partial charge < -0.3 is 18.6 Å². The van der Waals surface area contributed by atoms with E-state index in [0.29, 0.717) is 41.9 Å². The van der Waals surface area contributed by atoms with Crippen molar-refractivity contribution in [1.82, 2.24) is 14.6 Å². The van der Waals surface area contributed by atoms with Crippen molar-refractivity contribution in [3.8, 4) is 23.0 Å². The van der Waals surface area contributed by atoms with E-state index in [1.807, 2.05) is 24.4 Å². The highest BCUT2D eigenvalue weighted by atomic mass is 16.5. The second kappa shape index (κ2) is 9.94. The number of furan rings is 1. The van der Waals surface area contributed by atoms with Crippen molar-refractivity contribution in [3.63, 3.8) is 0 Å².